The standard InChI is InChI=1S/C17H21FN2O2S/c18-15-5-3-13(4-6-15)12-20-17(22)19-9-7-14(8-10-21)16-2-1-11-23-16/h1-6,11,14,21H,7-10,12H2,(H2,19,20,22)/t14-/m0/s1. The first-order valence-electron chi connectivity index (χ1n) is 7.59. The van der Waals surface area contributed by atoms with Crippen LogP contribution in [0.1, 0.15) is 29.2 Å². The second-order valence-corrected chi connectivity index (χ2v) is 6.23. The van der Waals surface area contributed by atoms with Gasteiger partial charge in [-0.25, -0.2) is 9.18 Å². The fourth-order valence-electron chi connectivity index (χ4n) is 2.32. The minimum Gasteiger partial charge on any atom is -0.396 e. The summed E-state index contributed by atoms with van der Waals surface area (Å²) in [6.45, 7) is 1.04. The van der Waals surface area contributed by atoms with Gasteiger partial charge in [-0.3, -0.25) is 0 Å². The molecule has 6 heteroatoms. The van der Waals surface area contributed by atoms with Gasteiger partial charge in [0.2, 0.25) is 0 Å². The molecule has 3 N–H and O–H groups in total. The number of rotatable bonds is 8. The van der Waals surface area contributed by atoms with Gasteiger partial charge in [0.1, 0.15) is 5.82 Å². The van der Waals surface area contributed by atoms with E-state index in [9.17, 15) is 9.18 Å². The largest absolute Gasteiger partial charge is 0.396 e. The summed E-state index contributed by atoms with van der Waals surface area (Å²) in [5.41, 5.74) is 0.846. The Balaban J connectivity index is 1.70. The minimum atomic E-state index is -0.290. The van der Waals surface area contributed by atoms with Crippen LogP contribution in [0.4, 0.5) is 9.18 Å². The molecule has 0 radical (unpaired) electrons. The molecular weight excluding hydrogens is 315 g/mol. The van der Waals surface area contributed by atoms with Gasteiger partial charge in [-0.2, -0.15) is 0 Å². The Hall–Kier alpha value is -1.92. The van der Waals surface area contributed by atoms with E-state index in [2.05, 4.69) is 16.7 Å². The Morgan fingerprint density at radius 3 is 2.61 bits per heavy atom. The number of carbonyl (C=O) groups is 1. The molecule has 2 aromatic rings. The molecule has 0 saturated carbocycles. The topological polar surface area (TPSA) is 61.4 Å². The number of hydrogen-bond donors (Lipinski definition) is 3. The van der Waals surface area contributed by atoms with Gasteiger partial charge < -0.3 is 15.7 Å². The summed E-state index contributed by atoms with van der Waals surface area (Å²) in [7, 11) is 0. The van der Waals surface area contributed by atoms with Gasteiger partial charge in [-0.05, 0) is 47.9 Å². The number of thiophene rings is 1. The third-order valence-corrected chi connectivity index (χ3v) is 4.60. The molecule has 1 heterocycles. The molecule has 1 atom stereocenters. The highest BCUT2D eigenvalue weighted by molar-refractivity contribution is 7.10. The molecule has 0 aliphatic heterocycles. The molecule has 0 aliphatic carbocycles. The Labute approximate surface area is 139 Å². The van der Waals surface area contributed by atoms with Crippen molar-refractivity contribution in [3.63, 3.8) is 0 Å². The molecule has 4 nitrogen and oxygen atoms in total. The van der Waals surface area contributed by atoms with E-state index in [1.807, 2.05) is 11.4 Å². The lowest BCUT2D eigenvalue weighted by Crippen LogP contribution is -2.36. The van der Waals surface area contributed by atoms with E-state index in [-0.39, 0.29) is 24.4 Å². The van der Waals surface area contributed by atoms with Crippen LogP contribution in [-0.2, 0) is 6.54 Å². The van der Waals surface area contributed by atoms with Crippen LogP contribution in [0.25, 0.3) is 0 Å². The number of carbonyl (C=O) groups excluding carboxylic acids is 1. The fraction of sp³-hybridized carbons (Fsp3) is 0.353. The highest BCUT2D eigenvalue weighted by Crippen LogP contribution is 2.26. The zero-order chi connectivity index (χ0) is 16.5. The minimum absolute atomic E-state index is 0.138. The second-order valence-electron chi connectivity index (χ2n) is 5.25. The number of aliphatic hydroxyl groups excluding tert-OH is 1. The SMILES string of the molecule is O=C(NCC[C@@H](CCO)c1cccs1)NCc1ccc(F)cc1. The van der Waals surface area contributed by atoms with E-state index in [0.29, 0.717) is 19.5 Å². The van der Waals surface area contributed by atoms with Crippen molar-refractivity contribution < 1.29 is 14.3 Å². The maximum atomic E-state index is 12.8. The summed E-state index contributed by atoms with van der Waals surface area (Å²) in [5, 5.41) is 16.7. The zero-order valence-corrected chi connectivity index (χ0v) is 13.6. The van der Waals surface area contributed by atoms with E-state index in [1.165, 1.54) is 17.0 Å². The van der Waals surface area contributed by atoms with Crippen molar-refractivity contribution in [1.29, 1.82) is 0 Å². The smallest absolute Gasteiger partial charge is 0.315 e. The first kappa shape index (κ1) is 17.4. The monoisotopic (exact) mass is 336 g/mol. The molecule has 0 saturated heterocycles. The van der Waals surface area contributed by atoms with Crippen LogP contribution in [0, 0.1) is 5.82 Å². The average Bonchev–Trinajstić information content (AvgIpc) is 3.08. The van der Waals surface area contributed by atoms with Gasteiger partial charge in [0.05, 0.1) is 0 Å². The van der Waals surface area contributed by atoms with Gasteiger partial charge in [0.15, 0.2) is 0 Å². The lowest BCUT2D eigenvalue weighted by Gasteiger charge is -2.15. The lowest BCUT2D eigenvalue weighted by molar-refractivity contribution is 0.239. The number of halogens is 1. The number of urea groups is 1. The van der Waals surface area contributed by atoms with Gasteiger partial charge in [-0.1, -0.05) is 18.2 Å². The van der Waals surface area contributed by atoms with E-state index in [4.69, 9.17) is 5.11 Å². The zero-order valence-electron chi connectivity index (χ0n) is 12.8. The molecule has 0 spiro atoms. The van der Waals surface area contributed by atoms with Crippen molar-refractivity contribution in [1.82, 2.24) is 10.6 Å². The first-order chi connectivity index (χ1) is 11.2. The van der Waals surface area contributed by atoms with Crippen molar-refractivity contribution in [3.8, 4) is 0 Å². The molecule has 0 fully saturated rings. The summed E-state index contributed by atoms with van der Waals surface area (Å²) in [4.78, 5) is 13.0. The van der Waals surface area contributed by atoms with Crippen molar-refractivity contribution in [2.75, 3.05) is 13.2 Å². The molecule has 2 rings (SSSR count). The molecule has 0 unspecified atom stereocenters. The number of aliphatic hydroxyl groups is 1. The maximum Gasteiger partial charge on any atom is 0.315 e. The predicted octanol–water partition coefficient (Wildman–Crippen LogP) is 3.24. The summed E-state index contributed by atoms with van der Waals surface area (Å²) in [6, 6.07) is 9.83. The molecule has 0 aliphatic rings. The molecule has 124 valence electrons. The van der Waals surface area contributed by atoms with Crippen LogP contribution in [0.15, 0.2) is 41.8 Å². The predicted molar refractivity (Wildman–Crippen MR) is 90.0 cm³/mol. The third-order valence-electron chi connectivity index (χ3n) is 3.57. The maximum absolute atomic E-state index is 12.8. The van der Waals surface area contributed by atoms with Crippen molar-refractivity contribution in [3.05, 3.63) is 58.0 Å². The van der Waals surface area contributed by atoms with E-state index < -0.39 is 0 Å². The molecule has 1 aromatic carbocycles. The Morgan fingerprint density at radius 1 is 1.17 bits per heavy atom. The lowest BCUT2D eigenvalue weighted by atomic mass is 10.00. The highest BCUT2D eigenvalue weighted by Gasteiger charge is 2.12. The van der Waals surface area contributed by atoms with E-state index in [1.54, 1.807) is 23.5 Å². The van der Waals surface area contributed by atoms with Gasteiger partial charge in [-0.15, -0.1) is 11.3 Å². The Morgan fingerprint density at radius 2 is 1.96 bits per heavy atom. The van der Waals surface area contributed by atoms with Gasteiger partial charge in [0, 0.05) is 24.6 Å². The second kappa shape index (κ2) is 9.27. The van der Waals surface area contributed by atoms with Crippen LogP contribution in [0.3, 0.4) is 0 Å². The number of hydrogen-bond acceptors (Lipinski definition) is 3. The van der Waals surface area contributed by atoms with Crippen LogP contribution in [-0.4, -0.2) is 24.3 Å². The first-order valence-corrected chi connectivity index (χ1v) is 8.47. The molecule has 1 aromatic heterocycles. The number of benzene rings is 1. The Kier molecular flexibility index (Phi) is 7.03. The molecular formula is C17H21FN2O2S. The third kappa shape index (κ3) is 6.00. The molecule has 0 bridgehead atoms. The molecule has 2 amide bonds. The van der Waals surface area contributed by atoms with Crippen molar-refractivity contribution >= 4 is 17.4 Å². The van der Waals surface area contributed by atoms with Crippen molar-refractivity contribution in [2.24, 2.45) is 0 Å². The van der Waals surface area contributed by atoms with Crippen LogP contribution < -0.4 is 10.6 Å². The number of amides is 2. The molecule has 23 heavy (non-hydrogen) atoms. The van der Waals surface area contributed by atoms with Crippen molar-refractivity contribution in [2.45, 2.75) is 25.3 Å². The quantitative estimate of drug-likeness (QED) is 0.693. The van der Waals surface area contributed by atoms with E-state index >= 15 is 0 Å². The fourth-order valence-corrected chi connectivity index (χ4v) is 3.21. The highest BCUT2D eigenvalue weighted by atomic mass is 32.1. The summed E-state index contributed by atoms with van der Waals surface area (Å²) in [6.07, 6.45) is 1.48. The average molecular weight is 336 g/mol. The van der Waals surface area contributed by atoms with Crippen LogP contribution >= 0.6 is 11.3 Å². The van der Waals surface area contributed by atoms with Gasteiger partial charge in [0.25, 0.3) is 0 Å². The Bertz CT molecular complexity index is 587. The van der Waals surface area contributed by atoms with Crippen LogP contribution in [0.2, 0.25) is 0 Å². The van der Waals surface area contributed by atoms with Gasteiger partial charge >= 0.3 is 6.03 Å². The van der Waals surface area contributed by atoms with E-state index in [0.717, 1.165) is 12.0 Å². The summed E-state index contributed by atoms with van der Waals surface area (Å²) >= 11 is 1.67. The van der Waals surface area contributed by atoms with Crippen LogP contribution in [0.5, 0.6) is 0 Å². The summed E-state index contributed by atoms with van der Waals surface area (Å²) in [5.74, 6) is -0.0286. The number of nitrogens with one attached hydrogen (secondary N) is 2. The normalized spacial score (nSPS) is 11.9. The summed E-state index contributed by atoms with van der Waals surface area (Å²) < 4.78 is 12.8.